The van der Waals surface area contributed by atoms with Gasteiger partial charge in [0, 0.05) is 16.7 Å². The van der Waals surface area contributed by atoms with E-state index in [0.29, 0.717) is 34.2 Å². The van der Waals surface area contributed by atoms with E-state index < -0.39 is 5.91 Å². The van der Waals surface area contributed by atoms with Crippen molar-refractivity contribution in [1.82, 2.24) is 5.01 Å². The topological polar surface area (TPSA) is 85.1 Å². The normalized spacial score (nSPS) is 15.9. The van der Waals surface area contributed by atoms with Crippen LogP contribution in [0, 0.1) is 0 Å². The van der Waals surface area contributed by atoms with Crippen molar-refractivity contribution in [3.05, 3.63) is 95.2 Å². The van der Waals surface area contributed by atoms with Crippen molar-refractivity contribution in [3.63, 3.8) is 0 Å². The molecule has 3 aromatic carbocycles. The summed E-state index contributed by atoms with van der Waals surface area (Å²) in [5.41, 5.74) is 3.88. The summed E-state index contributed by atoms with van der Waals surface area (Å²) in [6.07, 6.45) is 1.66. The Morgan fingerprint density at radius 2 is 1.34 bits per heavy atom. The average molecular weight is 466 g/mol. The maximum atomic E-state index is 13.0. The maximum Gasteiger partial charge on any atom is 0.299 e. The van der Waals surface area contributed by atoms with Crippen LogP contribution < -0.4 is 14.2 Å². The average Bonchev–Trinajstić information content (AvgIpc) is 3.22. The molecule has 0 spiro atoms. The van der Waals surface area contributed by atoms with Crippen molar-refractivity contribution >= 4 is 29.4 Å². The zero-order valence-electron chi connectivity index (χ0n) is 19.4. The van der Waals surface area contributed by atoms with Crippen LogP contribution in [0.15, 0.2) is 93.6 Å². The standard InChI is InChI=1S/C27H22N4O4/c1-33-21-15-14-19(24(34-2)25(21)35-3)16-20-26(32)29-27-28-22(17-10-6-4-7-11-17)23(30-31(20)27)18-12-8-5-9-13-18/h4-16H,1-3H3. The molecule has 35 heavy (non-hydrogen) atoms. The summed E-state index contributed by atoms with van der Waals surface area (Å²) in [4.78, 5) is 21.9. The molecule has 0 aliphatic carbocycles. The summed E-state index contributed by atoms with van der Waals surface area (Å²) >= 11 is 0. The van der Waals surface area contributed by atoms with E-state index in [0.717, 1.165) is 11.1 Å². The fourth-order valence-corrected chi connectivity index (χ4v) is 3.96. The minimum Gasteiger partial charge on any atom is -0.493 e. The van der Waals surface area contributed by atoms with Crippen molar-refractivity contribution in [1.29, 1.82) is 0 Å². The fourth-order valence-electron chi connectivity index (χ4n) is 3.96. The van der Waals surface area contributed by atoms with E-state index in [2.05, 4.69) is 4.99 Å². The Kier molecular flexibility index (Phi) is 5.85. The van der Waals surface area contributed by atoms with Crippen LogP contribution in [0.5, 0.6) is 17.2 Å². The molecule has 0 atom stereocenters. The predicted octanol–water partition coefficient (Wildman–Crippen LogP) is 4.16. The summed E-state index contributed by atoms with van der Waals surface area (Å²) in [6.45, 7) is 0. The van der Waals surface area contributed by atoms with Crippen molar-refractivity contribution in [2.45, 2.75) is 0 Å². The van der Waals surface area contributed by atoms with Crippen LogP contribution in [0.3, 0.4) is 0 Å². The highest BCUT2D eigenvalue weighted by molar-refractivity contribution is 6.55. The van der Waals surface area contributed by atoms with E-state index in [1.54, 1.807) is 25.3 Å². The van der Waals surface area contributed by atoms with Gasteiger partial charge in [-0.1, -0.05) is 60.7 Å². The first-order valence-corrected chi connectivity index (χ1v) is 10.9. The molecule has 0 fully saturated rings. The number of benzene rings is 3. The lowest BCUT2D eigenvalue weighted by molar-refractivity contribution is -0.114. The van der Waals surface area contributed by atoms with Crippen molar-refractivity contribution in [3.8, 4) is 17.2 Å². The molecule has 0 saturated carbocycles. The number of methoxy groups -OCH3 is 3. The van der Waals surface area contributed by atoms with Gasteiger partial charge in [0.1, 0.15) is 17.1 Å². The van der Waals surface area contributed by atoms with Crippen LogP contribution in [0.1, 0.15) is 16.7 Å². The van der Waals surface area contributed by atoms with Gasteiger partial charge in [0.25, 0.3) is 11.9 Å². The summed E-state index contributed by atoms with van der Waals surface area (Å²) < 4.78 is 16.4. The first kappa shape index (κ1) is 22.1. The molecule has 1 amide bonds. The van der Waals surface area contributed by atoms with E-state index in [4.69, 9.17) is 24.3 Å². The highest BCUT2D eigenvalue weighted by atomic mass is 16.5. The number of carbonyl (C=O) groups is 1. The quantitative estimate of drug-likeness (QED) is 0.510. The summed E-state index contributed by atoms with van der Waals surface area (Å²) in [5.74, 6) is 1.12. The van der Waals surface area contributed by atoms with Gasteiger partial charge < -0.3 is 14.2 Å². The van der Waals surface area contributed by atoms with Crippen LogP contribution in [0.4, 0.5) is 0 Å². The molecule has 0 saturated heterocycles. The molecule has 0 bridgehead atoms. The van der Waals surface area contributed by atoms with Crippen LogP contribution >= 0.6 is 0 Å². The predicted molar refractivity (Wildman–Crippen MR) is 134 cm³/mol. The monoisotopic (exact) mass is 466 g/mol. The van der Waals surface area contributed by atoms with E-state index >= 15 is 0 Å². The lowest BCUT2D eigenvalue weighted by Crippen LogP contribution is -2.32. The van der Waals surface area contributed by atoms with Gasteiger partial charge in [0.15, 0.2) is 11.5 Å². The molecule has 0 unspecified atom stereocenters. The Morgan fingerprint density at radius 1 is 0.714 bits per heavy atom. The minimum absolute atomic E-state index is 0.208. The molecule has 0 N–H and O–H groups in total. The van der Waals surface area contributed by atoms with Crippen LogP contribution in [-0.4, -0.2) is 49.6 Å². The first-order chi connectivity index (χ1) is 17.1. The van der Waals surface area contributed by atoms with Gasteiger partial charge in [0.05, 0.1) is 21.3 Å². The van der Waals surface area contributed by atoms with Gasteiger partial charge in [-0.15, -0.1) is 0 Å². The minimum atomic E-state index is -0.453. The largest absolute Gasteiger partial charge is 0.493 e. The molecule has 0 aromatic heterocycles. The van der Waals surface area contributed by atoms with Crippen LogP contribution in [-0.2, 0) is 4.79 Å². The van der Waals surface area contributed by atoms with E-state index in [1.165, 1.54) is 19.2 Å². The van der Waals surface area contributed by atoms with Gasteiger partial charge in [-0.3, -0.25) is 4.79 Å². The first-order valence-electron chi connectivity index (χ1n) is 10.9. The third-order valence-corrected chi connectivity index (χ3v) is 5.60. The molecule has 0 radical (unpaired) electrons. The summed E-state index contributed by atoms with van der Waals surface area (Å²) in [7, 11) is 4.60. The van der Waals surface area contributed by atoms with Gasteiger partial charge in [0.2, 0.25) is 5.75 Å². The Labute approximate surface area is 202 Å². The second kappa shape index (κ2) is 9.26. The third kappa shape index (κ3) is 3.95. The molecule has 8 heteroatoms. The Bertz CT molecular complexity index is 1410. The number of hydrazone groups is 1. The molecule has 2 heterocycles. The van der Waals surface area contributed by atoms with Gasteiger partial charge in [-0.25, -0.2) is 4.99 Å². The van der Waals surface area contributed by atoms with E-state index in [1.807, 2.05) is 60.7 Å². The number of guanidine groups is 1. The Balaban J connectivity index is 1.64. The molecular formula is C27H22N4O4. The van der Waals surface area contributed by atoms with Gasteiger partial charge in [-0.05, 0) is 18.2 Å². The zero-order valence-corrected chi connectivity index (χ0v) is 19.4. The number of ether oxygens (including phenoxy) is 3. The number of hydrogen-bond donors (Lipinski definition) is 0. The van der Waals surface area contributed by atoms with Crippen molar-refractivity contribution < 1.29 is 19.0 Å². The number of aliphatic imine (C=N–C) groups is 2. The second-order valence-corrected chi connectivity index (χ2v) is 7.62. The number of amides is 1. The Hall–Kier alpha value is -4.72. The van der Waals surface area contributed by atoms with Crippen molar-refractivity contribution in [2.75, 3.05) is 21.3 Å². The number of nitrogens with zero attached hydrogens (tertiary/aromatic N) is 4. The number of rotatable bonds is 6. The fraction of sp³-hybridized carbons (Fsp3) is 0.111. The summed E-state index contributed by atoms with van der Waals surface area (Å²) in [5, 5.41) is 6.30. The Morgan fingerprint density at radius 3 is 1.94 bits per heavy atom. The smallest absolute Gasteiger partial charge is 0.299 e. The van der Waals surface area contributed by atoms with Crippen LogP contribution in [0.2, 0.25) is 0 Å². The lowest BCUT2D eigenvalue weighted by atomic mass is 9.99. The molecule has 174 valence electrons. The van der Waals surface area contributed by atoms with E-state index in [-0.39, 0.29) is 11.7 Å². The number of carbonyl (C=O) groups excluding carboxylic acids is 1. The summed E-state index contributed by atoms with van der Waals surface area (Å²) in [6, 6.07) is 23.0. The van der Waals surface area contributed by atoms with Crippen LogP contribution in [0.25, 0.3) is 6.08 Å². The molecule has 5 rings (SSSR count). The van der Waals surface area contributed by atoms with Gasteiger partial charge in [-0.2, -0.15) is 15.1 Å². The van der Waals surface area contributed by atoms with Gasteiger partial charge >= 0.3 is 0 Å². The molecule has 2 aliphatic heterocycles. The van der Waals surface area contributed by atoms with E-state index in [9.17, 15) is 4.79 Å². The second-order valence-electron chi connectivity index (χ2n) is 7.62. The van der Waals surface area contributed by atoms with Crippen molar-refractivity contribution in [2.24, 2.45) is 15.1 Å². The maximum absolute atomic E-state index is 13.0. The molecule has 2 aliphatic rings. The highest BCUT2D eigenvalue weighted by Crippen LogP contribution is 2.41. The zero-order chi connectivity index (χ0) is 24.4. The number of hydrogen-bond acceptors (Lipinski definition) is 7. The number of fused-ring (bicyclic) bond motifs is 1. The lowest BCUT2D eigenvalue weighted by Gasteiger charge is -2.22. The molecular weight excluding hydrogens is 444 g/mol. The molecule has 3 aromatic rings. The molecule has 8 nitrogen and oxygen atoms in total. The third-order valence-electron chi connectivity index (χ3n) is 5.60. The SMILES string of the molecule is COc1ccc(C=C2C(=O)N=C3N=C(c4ccccc4)C(c4ccccc4)=NN23)c(OC)c1OC. The highest BCUT2D eigenvalue weighted by Gasteiger charge is 2.35.